The van der Waals surface area contributed by atoms with Gasteiger partial charge in [-0.25, -0.2) is 0 Å². The molecule has 2 rings (SSSR count). The molecule has 2 nitrogen and oxygen atoms in total. The van der Waals surface area contributed by atoms with Crippen molar-refractivity contribution in [3.8, 4) is 0 Å². The van der Waals surface area contributed by atoms with Crippen LogP contribution in [-0.2, 0) is 9.53 Å². The molecule has 0 bridgehead atoms. The highest BCUT2D eigenvalue weighted by atomic mass is 16.5. The second-order valence-electron chi connectivity index (χ2n) is 3.75. The summed E-state index contributed by atoms with van der Waals surface area (Å²) >= 11 is 0. The molecule has 0 unspecified atom stereocenters. The molecule has 2 aromatic rings. The van der Waals surface area contributed by atoms with Crippen LogP contribution in [0, 0.1) is 0 Å². The number of hydrogen-bond donors (Lipinski definition) is 0. The Kier molecular flexibility index (Phi) is 3.55. The van der Waals surface area contributed by atoms with E-state index in [1.165, 1.54) is 17.9 Å². The molecule has 0 aromatic heterocycles. The van der Waals surface area contributed by atoms with Gasteiger partial charge in [0.1, 0.15) is 0 Å². The van der Waals surface area contributed by atoms with E-state index >= 15 is 0 Å². The van der Waals surface area contributed by atoms with E-state index in [0.29, 0.717) is 6.42 Å². The van der Waals surface area contributed by atoms with E-state index in [9.17, 15) is 4.79 Å². The Bertz CT molecular complexity index is 550. The fourth-order valence-electron chi connectivity index (χ4n) is 1.76. The fourth-order valence-corrected chi connectivity index (χ4v) is 1.76. The molecule has 0 N–H and O–H groups in total. The number of carbonyl (C=O) groups is 1. The first-order chi connectivity index (χ1) is 8.31. The summed E-state index contributed by atoms with van der Waals surface area (Å²) in [5.74, 6) is -0.221. The summed E-state index contributed by atoms with van der Waals surface area (Å²) in [6.45, 7) is 0. The quantitative estimate of drug-likeness (QED) is 0.749. The van der Waals surface area contributed by atoms with Gasteiger partial charge in [0, 0.05) is 0 Å². The zero-order valence-electron chi connectivity index (χ0n) is 9.72. The van der Waals surface area contributed by atoms with Crippen molar-refractivity contribution in [1.29, 1.82) is 0 Å². The molecule has 0 spiro atoms. The predicted octanol–water partition coefficient (Wildman–Crippen LogP) is 3.42. The monoisotopic (exact) mass is 226 g/mol. The average molecular weight is 226 g/mol. The van der Waals surface area contributed by atoms with E-state index in [0.717, 1.165) is 5.56 Å². The highest BCUT2D eigenvalue weighted by Gasteiger charge is 1.97. The van der Waals surface area contributed by atoms with Crippen LogP contribution in [0.5, 0.6) is 0 Å². The molecule has 0 saturated heterocycles. The van der Waals surface area contributed by atoms with E-state index in [1.807, 2.05) is 36.4 Å². The summed E-state index contributed by atoms with van der Waals surface area (Å²) < 4.78 is 4.59. The molecule has 0 aliphatic heterocycles. The maximum Gasteiger partial charge on any atom is 0.309 e. The lowest BCUT2D eigenvalue weighted by Crippen LogP contribution is -1.96. The van der Waals surface area contributed by atoms with Gasteiger partial charge < -0.3 is 4.74 Å². The van der Waals surface area contributed by atoms with Gasteiger partial charge in [-0.05, 0) is 16.3 Å². The molecule has 0 radical (unpaired) electrons. The van der Waals surface area contributed by atoms with E-state index < -0.39 is 0 Å². The van der Waals surface area contributed by atoms with Gasteiger partial charge >= 0.3 is 5.97 Å². The van der Waals surface area contributed by atoms with Crippen molar-refractivity contribution < 1.29 is 9.53 Å². The van der Waals surface area contributed by atoms with Crippen molar-refractivity contribution in [2.75, 3.05) is 7.11 Å². The Balaban J connectivity index is 2.27. The topological polar surface area (TPSA) is 26.3 Å². The molecule has 0 fully saturated rings. The van der Waals surface area contributed by atoms with Crippen LogP contribution in [0.4, 0.5) is 0 Å². The van der Waals surface area contributed by atoms with E-state index in [2.05, 4.69) is 22.9 Å². The summed E-state index contributed by atoms with van der Waals surface area (Å²) in [5, 5.41) is 2.39. The van der Waals surface area contributed by atoms with Crippen LogP contribution in [-0.4, -0.2) is 13.1 Å². The molecule has 0 aliphatic rings. The number of benzene rings is 2. The Morgan fingerprint density at radius 3 is 2.76 bits per heavy atom. The molecule has 2 heteroatoms. The first-order valence-electron chi connectivity index (χ1n) is 5.52. The van der Waals surface area contributed by atoms with Gasteiger partial charge in [-0.2, -0.15) is 0 Å². The summed E-state index contributed by atoms with van der Waals surface area (Å²) in [7, 11) is 1.40. The van der Waals surface area contributed by atoms with Crippen LogP contribution in [0.2, 0.25) is 0 Å². The molecule has 0 heterocycles. The maximum absolute atomic E-state index is 11.0. The molecule has 0 atom stereocenters. The third-order valence-corrected chi connectivity index (χ3v) is 2.63. The second-order valence-corrected chi connectivity index (χ2v) is 3.75. The largest absolute Gasteiger partial charge is 0.469 e. The molecule has 0 aliphatic carbocycles. The third kappa shape index (κ3) is 2.72. The molecule has 0 amide bonds. The zero-order valence-corrected chi connectivity index (χ0v) is 9.72. The van der Waals surface area contributed by atoms with Gasteiger partial charge in [0.2, 0.25) is 0 Å². The van der Waals surface area contributed by atoms with Crippen LogP contribution < -0.4 is 0 Å². The Labute approximate surface area is 101 Å². The van der Waals surface area contributed by atoms with Crippen molar-refractivity contribution in [3.05, 3.63) is 54.1 Å². The second kappa shape index (κ2) is 5.30. The number of hydrogen-bond acceptors (Lipinski definition) is 2. The van der Waals surface area contributed by atoms with E-state index in [1.54, 1.807) is 0 Å². The first kappa shape index (κ1) is 11.4. The minimum atomic E-state index is -0.221. The SMILES string of the molecule is COC(=O)CC=Cc1cccc2ccccc12. The van der Waals surface area contributed by atoms with Crippen LogP contribution in [0.1, 0.15) is 12.0 Å². The van der Waals surface area contributed by atoms with Crippen molar-refractivity contribution >= 4 is 22.8 Å². The number of esters is 1. The highest BCUT2D eigenvalue weighted by molar-refractivity contribution is 5.90. The molecule has 2 aromatic carbocycles. The van der Waals surface area contributed by atoms with E-state index in [-0.39, 0.29) is 5.97 Å². The van der Waals surface area contributed by atoms with Crippen LogP contribution in [0.25, 0.3) is 16.8 Å². The standard InChI is InChI=1S/C15H14O2/c1-17-15(16)11-5-9-13-8-4-7-12-6-2-3-10-14(12)13/h2-10H,11H2,1H3. The van der Waals surface area contributed by atoms with Crippen LogP contribution in [0.15, 0.2) is 48.5 Å². The molecular weight excluding hydrogens is 212 g/mol. The van der Waals surface area contributed by atoms with E-state index in [4.69, 9.17) is 0 Å². The first-order valence-corrected chi connectivity index (χ1v) is 5.52. The Hall–Kier alpha value is -2.09. The number of ether oxygens (including phenoxy) is 1. The van der Waals surface area contributed by atoms with Gasteiger partial charge in [-0.15, -0.1) is 0 Å². The van der Waals surface area contributed by atoms with Crippen LogP contribution in [0.3, 0.4) is 0 Å². The van der Waals surface area contributed by atoms with Gasteiger partial charge in [0.05, 0.1) is 13.5 Å². The zero-order chi connectivity index (χ0) is 12.1. The minimum absolute atomic E-state index is 0.221. The summed E-state index contributed by atoms with van der Waals surface area (Å²) in [5.41, 5.74) is 1.12. The summed E-state index contributed by atoms with van der Waals surface area (Å²) in [6.07, 6.45) is 4.09. The van der Waals surface area contributed by atoms with Crippen LogP contribution >= 0.6 is 0 Å². The summed E-state index contributed by atoms with van der Waals surface area (Å²) in [6, 6.07) is 14.3. The molecule has 17 heavy (non-hydrogen) atoms. The Morgan fingerprint density at radius 2 is 1.94 bits per heavy atom. The number of fused-ring (bicyclic) bond motifs is 1. The molecular formula is C15H14O2. The third-order valence-electron chi connectivity index (χ3n) is 2.63. The fraction of sp³-hybridized carbons (Fsp3) is 0.133. The lowest BCUT2D eigenvalue weighted by molar-refractivity contribution is -0.139. The van der Waals surface area contributed by atoms with Crippen molar-refractivity contribution in [3.63, 3.8) is 0 Å². The van der Waals surface area contributed by atoms with Gasteiger partial charge in [0.15, 0.2) is 0 Å². The lowest BCUT2D eigenvalue weighted by atomic mass is 10.0. The van der Waals surface area contributed by atoms with Gasteiger partial charge in [0.25, 0.3) is 0 Å². The smallest absolute Gasteiger partial charge is 0.309 e. The Morgan fingerprint density at radius 1 is 1.18 bits per heavy atom. The average Bonchev–Trinajstić information content (AvgIpc) is 2.39. The normalized spacial score (nSPS) is 10.9. The number of carbonyl (C=O) groups excluding carboxylic acids is 1. The minimum Gasteiger partial charge on any atom is -0.469 e. The summed E-state index contributed by atoms with van der Waals surface area (Å²) in [4.78, 5) is 11.0. The van der Waals surface area contributed by atoms with Crippen molar-refractivity contribution in [1.82, 2.24) is 0 Å². The van der Waals surface area contributed by atoms with Crippen molar-refractivity contribution in [2.45, 2.75) is 6.42 Å². The predicted molar refractivity (Wildman–Crippen MR) is 69.6 cm³/mol. The number of methoxy groups -OCH3 is 1. The lowest BCUT2D eigenvalue weighted by Gasteiger charge is -2.01. The maximum atomic E-state index is 11.0. The molecule has 0 saturated carbocycles. The van der Waals surface area contributed by atoms with Gasteiger partial charge in [-0.1, -0.05) is 54.6 Å². The van der Waals surface area contributed by atoms with Crippen molar-refractivity contribution in [2.24, 2.45) is 0 Å². The number of rotatable bonds is 3. The van der Waals surface area contributed by atoms with Gasteiger partial charge in [-0.3, -0.25) is 4.79 Å². The highest BCUT2D eigenvalue weighted by Crippen LogP contribution is 2.19. The molecule has 86 valence electrons.